The zero-order valence-corrected chi connectivity index (χ0v) is 15.3. The van der Waals surface area contributed by atoms with Gasteiger partial charge in [0.2, 0.25) is 5.91 Å². The lowest BCUT2D eigenvalue weighted by molar-refractivity contribution is -0.138. The van der Waals surface area contributed by atoms with Crippen LogP contribution in [-0.2, 0) is 24.3 Å². The molecule has 2 heterocycles. The molecular weight excluding hydrogens is 346 g/mol. The third-order valence-corrected chi connectivity index (χ3v) is 5.69. The molecule has 2 aliphatic rings. The molecule has 1 atom stereocenters. The highest BCUT2D eigenvalue weighted by Crippen LogP contribution is 2.25. The van der Waals surface area contributed by atoms with Crippen LogP contribution in [0.3, 0.4) is 0 Å². The number of nitrogens with zero attached hydrogens (tertiary/aromatic N) is 2. The van der Waals surface area contributed by atoms with Crippen LogP contribution in [0.25, 0.3) is 0 Å². The molecule has 1 amide bonds. The van der Waals surface area contributed by atoms with Crippen molar-refractivity contribution in [1.82, 2.24) is 9.80 Å². The molecule has 5 heteroatoms. The second-order valence-electron chi connectivity index (χ2n) is 7.60. The van der Waals surface area contributed by atoms with Crippen LogP contribution in [-0.4, -0.2) is 35.3 Å². The van der Waals surface area contributed by atoms with Gasteiger partial charge in [0.1, 0.15) is 0 Å². The van der Waals surface area contributed by atoms with Gasteiger partial charge in [0.15, 0.2) is 11.6 Å². The highest BCUT2D eigenvalue weighted by molar-refractivity contribution is 5.79. The number of carbonyl (C=O) groups excluding carboxylic acids is 1. The molecule has 4 rings (SSSR count). The molecule has 2 aromatic rings. The van der Waals surface area contributed by atoms with E-state index in [1.54, 1.807) is 6.07 Å². The molecule has 1 unspecified atom stereocenters. The van der Waals surface area contributed by atoms with E-state index in [0.29, 0.717) is 19.6 Å². The van der Waals surface area contributed by atoms with Gasteiger partial charge in [-0.2, -0.15) is 0 Å². The highest BCUT2D eigenvalue weighted by atomic mass is 19.2. The zero-order chi connectivity index (χ0) is 18.8. The molecule has 27 heavy (non-hydrogen) atoms. The fourth-order valence-electron chi connectivity index (χ4n) is 4.24. The van der Waals surface area contributed by atoms with Crippen LogP contribution >= 0.6 is 0 Å². The van der Waals surface area contributed by atoms with E-state index >= 15 is 0 Å². The van der Waals surface area contributed by atoms with Gasteiger partial charge < -0.3 is 4.90 Å². The maximum absolute atomic E-state index is 13.4. The Hall–Kier alpha value is -2.27. The average Bonchev–Trinajstić information content (AvgIpc) is 2.70. The van der Waals surface area contributed by atoms with Gasteiger partial charge in [0.05, 0.1) is 5.92 Å². The molecular formula is C22H24F2N2O. The van der Waals surface area contributed by atoms with Crippen LogP contribution in [0.2, 0.25) is 0 Å². The summed E-state index contributed by atoms with van der Waals surface area (Å²) in [4.78, 5) is 17.2. The van der Waals surface area contributed by atoms with Gasteiger partial charge in [-0.1, -0.05) is 30.3 Å². The summed E-state index contributed by atoms with van der Waals surface area (Å²) in [5.74, 6) is -1.44. The Morgan fingerprint density at radius 1 is 1.04 bits per heavy atom. The van der Waals surface area contributed by atoms with E-state index in [0.717, 1.165) is 37.9 Å². The third-order valence-electron chi connectivity index (χ3n) is 5.69. The van der Waals surface area contributed by atoms with Crippen LogP contribution < -0.4 is 0 Å². The third kappa shape index (κ3) is 4.03. The van der Waals surface area contributed by atoms with Crippen molar-refractivity contribution in [2.24, 2.45) is 5.92 Å². The van der Waals surface area contributed by atoms with Crippen LogP contribution in [0.4, 0.5) is 8.78 Å². The van der Waals surface area contributed by atoms with Crippen molar-refractivity contribution >= 4 is 5.91 Å². The molecule has 0 bridgehead atoms. The SMILES string of the molecule is O=C(C1CCCN(Cc2ccc(F)c(F)c2)C1)N1CCc2ccccc2C1. The standard InChI is InChI=1S/C22H24F2N2O/c23-20-8-7-16(12-21(20)24)13-25-10-3-6-19(14-25)22(27)26-11-9-17-4-1-2-5-18(17)15-26/h1-2,4-5,7-8,12,19H,3,6,9-11,13-15H2. The van der Waals surface area contributed by atoms with Crippen LogP contribution in [0.5, 0.6) is 0 Å². The number of carbonyl (C=O) groups is 1. The highest BCUT2D eigenvalue weighted by Gasteiger charge is 2.30. The molecule has 3 nitrogen and oxygen atoms in total. The number of hydrogen-bond acceptors (Lipinski definition) is 2. The largest absolute Gasteiger partial charge is 0.338 e. The molecule has 1 fully saturated rings. The molecule has 0 saturated carbocycles. The maximum Gasteiger partial charge on any atom is 0.227 e. The Balaban J connectivity index is 1.39. The molecule has 2 aliphatic heterocycles. The van der Waals surface area contributed by atoms with Gasteiger partial charge in [-0.15, -0.1) is 0 Å². The first-order valence-corrected chi connectivity index (χ1v) is 9.62. The van der Waals surface area contributed by atoms with Crippen molar-refractivity contribution in [2.45, 2.75) is 32.4 Å². The molecule has 1 saturated heterocycles. The number of likely N-dealkylation sites (tertiary alicyclic amines) is 1. The van der Waals surface area contributed by atoms with Gasteiger partial charge in [-0.3, -0.25) is 9.69 Å². The Kier molecular flexibility index (Phi) is 5.21. The van der Waals surface area contributed by atoms with E-state index in [2.05, 4.69) is 17.0 Å². The van der Waals surface area contributed by atoms with E-state index in [9.17, 15) is 13.6 Å². The molecule has 0 radical (unpaired) electrons. The summed E-state index contributed by atoms with van der Waals surface area (Å²) in [5.41, 5.74) is 3.32. The molecule has 0 N–H and O–H groups in total. The number of fused-ring (bicyclic) bond motifs is 1. The van der Waals surface area contributed by atoms with Crippen molar-refractivity contribution in [3.05, 3.63) is 70.8 Å². The molecule has 0 aromatic heterocycles. The number of benzene rings is 2. The van der Waals surface area contributed by atoms with E-state index in [1.165, 1.54) is 23.3 Å². The number of hydrogen-bond donors (Lipinski definition) is 0. The van der Waals surface area contributed by atoms with Crippen LogP contribution in [0, 0.1) is 17.6 Å². The van der Waals surface area contributed by atoms with Gasteiger partial charge in [0, 0.05) is 26.2 Å². The number of rotatable bonds is 3. The first-order chi connectivity index (χ1) is 13.1. The lowest BCUT2D eigenvalue weighted by Gasteiger charge is -2.36. The lowest BCUT2D eigenvalue weighted by atomic mass is 9.93. The minimum absolute atomic E-state index is 0.0192. The summed E-state index contributed by atoms with van der Waals surface area (Å²) < 4.78 is 26.6. The summed E-state index contributed by atoms with van der Waals surface area (Å²) in [6.07, 6.45) is 2.75. The first kappa shape index (κ1) is 18.1. The normalized spacial score (nSPS) is 20.4. The smallest absolute Gasteiger partial charge is 0.227 e. The number of amides is 1. The quantitative estimate of drug-likeness (QED) is 0.821. The van der Waals surface area contributed by atoms with Crippen molar-refractivity contribution in [1.29, 1.82) is 0 Å². The summed E-state index contributed by atoms with van der Waals surface area (Å²) in [6, 6.07) is 12.4. The fourth-order valence-corrected chi connectivity index (χ4v) is 4.24. The van der Waals surface area contributed by atoms with Crippen molar-refractivity contribution in [2.75, 3.05) is 19.6 Å². The molecule has 0 aliphatic carbocycles. The predicted octanol–water partition coefficient (Wildman–Crippen LogP) is 3.76. The molecule has 142 valence electrons. The lowest BCUT2D eigenvalue weighted by Crippen LogP contribution is -2.46. The summed E-state index contributed by atoms with van der Waals surface area (Å²) in [5, 5.41) is 0. The minimum Gasteiger partial charge on any atom is -0.338 e. The van der Waals surface area contributed by atoms with Crippen molar-refractivity contribution in [3.63, 3.8) is 0 Å². The Labute approximate surface area is 158 Å². The van der Waals surface area contributed by atoms with Gasteiger partial charge in [-0.05, 0) is 54.6 Å². The molecule has 0 spiro atoms. The fraction of sp³-hybridized carbons (Fsp3) is 0.409. The maximum atomic E-state index is 13.4. The number of halogens is 2. The van der Waals surface area contributed by atoms with Crippen molar-refractivity contribution < 1.29 is 13.6 Å². The van der Waals surface area contributed by atoms with Gasteiger partial charge in [0.25, 0.3) is 0 Å². The van der Waals surface area contributed by atoms with Crippen LogP contribution in [0.1, 0.15) is 29.5 Å². The first-order valence-electron chi connectivity index (χ1n) is 9.62. The second-order valence-corrected chi connectivity index (χ2v) is 7.60. The second kappa shape index (κ2) is 7.77. The predicted molar refractivity (Wildman–Crippen MR) is 99.9 cm³/mol. The Bertz CT molecular complexity index is 839. The van der Waals surface area contributed by atoms with E-state index in [4.69, 9.17) is 0 Å². The Morgan fingerprint density at radius 2 is 1.85 bits per heavy atom. The Morgan fingerprint density at radius 3 is 2.67 bits per heavy atom. The monoisotopic (exact) mass is 370 g/mol. The topological polar surface area (TPSA) is 23.6 Å². The minimum atomic E-state index is -0.823. The number of piperidine rings is 1. The van der Waals surface area contributed by atoms with E-state index in [1.807, 2.05) is 17.0 Å². The summed E-state index contributed by atoms with van der Waals surface area (Å²) >= 11 is 0. The van der Waals surface area contributed by atoms with Crippen molar-refractivity contribution in [3.8, 4) is 0 Å². The molecule has 2 aromatic carbocycles. The average molecular weight is 370 g/mol. The van der Waals surface area contributed by atoms with E-state index in [-0.39, 0.29) is 11.8 Å². The summed E-state index contributed by atoms with van der Waals surface area (Å²) in [6.45, 7) is 3.57. The van der Waals surface area contributed by atoms with Crippen LogP contribution in [0.15, 0.2) is 42.5 Å². The van der Waals surface area contributed by atoms with E-state index < -0.39 is 11.6 Å². The summed E-state index contributed by atoms with van der Waals surface area (Å²) in [7, 11) is 0. The van der Waals surface area contributed by atoms with Gasteiger partial charge >= 0.3 is 0 Å². The van der Waals surface area contributed by atoms with Gasteiger partial charge in [-0.25, -0.2) is 8.78 Å². The zero-order valence-electron chi connectivity index (χ0n) is 15.3.